The normalized spacial score (nSPS) is 15.8. The highest BCUT2D eigenvalue weighted by molar-refractivity contribution is 6.42. The van der Waals surface area contributed by atoms with Crippen LogP contribution in [-0.2, 0) is 6.67 Å². The summed E-state index contributed by atoms with van der Waals surface area (Å²) in [6, 6.07) is 13.5. The number of para-hydroxylation sites is 2. The first-order chi connectivity index (χ1) is 12.1. The molecule has 1 aliphatic rings. The third-order valence-corrected chi connectivity index (χ3v) is 5.40. The van der Waals surface area contributed by atoms with Gasteiger partial charge in [0.1, 0.15) is 0 Å². The maximum Gasteiger partial charge on any atom is 0.327 e. The highest BCUT2D eigenvalue weighted by Gasteiger charge is 2.19. The van der Waals surface area contributed by atoms with Crippen molar-refractivity contribution < 1.29 is 0 Å². The summed E-state index contributed by atoms with van der Waals surface area (Å²) in [6.07, 6.45) is 0. The van der Waals surface area contributed by atoms with E-state index >= 15 is 0 Å². The first-order valence-corrected chi connectivity index (χ1v) is 8.97. The summed E-state index contributed by atoms with van der Waals surface area (Å²) in [5.41, 5.74) is 2.84. The van der Waals surface area contributed by atoms with Crippen molar-refractivity contribution >= 4 is 39.9 Å². The number of piperazine rings is 1. The van der Waals surface area contributed by atoms with E-state index in [1.54, 1.807) is 4.57 Å². The predicted molar refractivity (Wildman–Crippen MR) is 103 cm³/mol. The Hall–Kier alpha value is -1.95. The number of halogens is 2. The molecule has 25 heavy (non-hydrogen) atoms. The summed E-state index contributed by atoms with van der Waals surface area (Å²) >= 11 is 12.1. The number of anilines is 1. The lowest BCUT2D eigenvalue weighted by molar-refractivity contribution is 0.206. The molecular weight excluding hydrogens is 359 g/mol. The van der Waals surface area contributed by atoms with E-state index < -0.39 is 0 Å². The van der Waals surface area contributed by atoms with Crippen LogP contribution in [0.2, 0.25) is 10.0 Å². The van der Waals surface area contributed by atoms with Gasteiger partial charge in [0.2, 0.25) is 0 Å². The van der Waals surface area contributed by atoms with Crippen molar-refractivity contribution in [3.63, 3.8) is 0 Å². The van der Waals surface area contributed by atoms with Gasteiger partial charge in [0.05, 0.1) is 27.7 Å². The van der Waals surface area contributed by atoms with Crippen LogP contribution in [0.3, 0.4) is 0 Å². The second-order valence-corrected chi connectivity index (χ2v) is 7.03. The summed E-state index contributed by atoms with van der Waals surface area (Å²) in [5, 5.41) is 1.15. The van der Waals surface area contributed by atoms with Crippen molar-refractivity contribution in [2.45, 2.75) is 6.67 Å². The van der Waals surface area contributed by atoms with Crippen molar-refractivity contribution in [3.8, 4) is 0 Å². The zero-order valence-corrected chi connectivity index (χ0v) is 15.1. The number of nitrogens with one attached hydrogen (secondary N) is 1. The largest absolute Gasteiger partial charge is 0.369 e. The van der Waals surface area contributed by atoms with Gasteiger partial charge in [-0.2, -0.15) is 0 Å². The molecule has 130 valence electrons. The summed E-state index contributed by atoms with van der Waals surface area (Å²) in [5.74, 6) is 0. The zero-order valence-electron chi connectivity index (χ0n) is 13.6. The Morgan fingerprint density at radius 2 is 1.72 bits per heavy atom. The Bertz CT molecular complexity index is 957. The lowest BCUT2D eigenvalue weighted by atomic mass is 10.2. The lowest BCUT2D eigenvalue weighted by Crippen LogP contribution is -2.47. The van der Waals surface area contributed by atoms with E-state index in [1.165, 1.54) is 0 Å². The van der Waals surface area contributed by atoms with E-state index in [0.29, 0.717) is 16.7 Å². The molecule has 0 spiro atoms. The van der Waals surface area contributed by atoms with Gasteiger partial charge in [0.25, 0.3) is 0 Å². The molecule has 7 heteroatoms. The summed E-state index contributed by atoms with van der Waals surface area (Å²) in [6.45, 7) is 4.13. The highest BCUT2D eigenvalue weighted by atomic mass is 35.5. The Balaban J connectivity index is 1.46. The van der Waals surface area contributed by atoms with E-state index in [9.17, 15) is 4.79 Å². The smallest absolute Gasteiger partial charge is 0.327 e. The van der Waals surface area contributed by atoms with Gasteiger partial charge in [-0.3, -0.25) is 9.47 Å². The monoisotopic (exact) mass is 376 g/mol. The third kappa shape index (κ3) is 3.27. The molecule has 1 saturated heterocycles. The molecule has 2 aromatic carbocycles. The molecule has 0 aliphatic carbocycles. The van der Waals surface area contributed by atoms with Crippen molar-refractivity contribution in [2.24, 2.45) is 0 Å². The maximum absolute atomic E-state index is 12.2. The van der Waals surface area contributed by atoms with Gasteiger partial charge >= 0.3 is 5.69 Å². The molecule has 2 heterocycles. The summed E-state index contributed by atoms with van der Waals surface area (Å²) in [4.78, 5) is 19.7. The molecule has 0 radical (unpaired) electrons. The van der Waals surface area contributed by atoms with Crippen molar-refractivity contribution in [2.75, 3.05) is 31.1 Å². The maximum atomic E-state index is 12.2. The number of fused-ring (bicyclic) bond motifs is 1. The van der Waals surface area contributed by atoms with E-state index in [2.05, 4.69) is 14.8 Å². The predicted octanol–water partition coefficient (Wildman–Crippen LogP) is 3.42. The number of aromatic amines is 1. The van der Waals surface area contributed by atoms with Crippen molar-refractivity contribution in [1.82, 2.24) is 14.5 Å². The van der Waals surface area contributed by atoms with Gasteiger partial charge in [-0.1, -0.05) is 35.3 Å². The minimum absolute atomic E-state index is 0.0619. The molecule has 1 fully saturated rings. The van der Waals surface area contributed by atoms with E-state index in [4.69, 9.17) is 23.2 Å². The Morgan fingerprint density at radius 1 is 0.960 bits per heavy atom. The third-order valence-electron chi connectivity index (χ3n) is 4.66. The molecule has 1 aliphatic heterocycles. The van der Waals surface area contributed by atoms with Crippen molar-refractivity contribution in [3.05, 3.63) is 63.0 Å². The molecular formula is C18H18Cl2N4O. The van der Waals surface area contributed by atoms with E-state index in [-0.39, 0.29) is 5.69 Å². The molecule has 0 atom stereocenters. The fourth-order valence-corrected chi connectivity index (χ4v) is 3.57. The van der Waals surface area contributed by atoms with Gasteiger partial charge in [0.15, 0.2) is 0 Å². The Morgan fingerprint density at radius 3 is 2.48 bits per heavy atom. The molecule has 0 bridgehead atoms. The number of hydrogen-bond acceptors (Lipinski definition) is 3. The average molecular weight is 377 g/mol. The molecule has 3 aromatic rings. The Kier molecular flexibility index (Phi) is 4.46. The molecule has 0 saturated carbocycles. The van der Waals surface area contributed by atoms with E-state index in [0.717, 1.165) is 42.9 Å². The number of benzene rings is 2. The van der Waals surface area contributed by atoms with Crippen LogP contribution in [-0.4, -0.2) is 40.6 Å². The number of nitrogens with zero attached hydrogens (tertiary/aromatic N) is 3. The van der Waals surface area contributed by atoms with Gasteiger partial charge in [-0.15, -0.1) is 0 Å². The number of aromatic nitrogens is 2. The molecule has 1 aromatic heterocycles. The number of H-pyrrole nitrogens is 1. The first-order valence-electron chi connectivity index (χ1n) is 8.22. The van der Waals surface area contributed by atoms with Crippen LogP contribution in [0.25, 0.3) is 11.0 Å². The van der Waals surface area contributed by atoms with Crippen LogP contribution in [0.15, 0.2) is 47.3 Å². The van der Waals surface area contributed by atoms with Crippen LogP contribution in [0.5, 0.6) is 0 Å². The van der Waals surface area contributed by atoms with Gasteiger partial charge < -0.3 is 9.88 Å². The van der Waals surface area contributed by atoms with Crippen LogP contribution in [0, 0.1) is 0 Å². The fourth-order valence-electron chi connectivity index (χ4n) is 3.28. The lowest BCUT2D eigenvalue weighted by Gasteiger charge is -2.36. The van der Waals surface area contributed by atoms with Gasteiger partial charge in [-0.25, -0.2) is 4.79 Å². The molecule has 1 N–H and O–H groups in total. The molecule has 0 unspecified atom stereocenters. The standard InChI is InChI=1S/C18H18Cl2N4O/c19-14-6-5-13(11-15(14)20)23-9-7-22(8-10-23)12-24-17-4-2-1-3-16(17)21-18(24)25/h1-6,11H,7-10,12H2,(H,21,25). The minimum atomic E-state index is -0.0619. The molecule has 4 rings (SSSR count). The van der Waals surface area contributed by atoms with Crippen molar-refractivity contribution in [1.29, 1.82) is 0 Å². The van der Waals surface area contributed by atoms with Crippen LogP contribution < -0.4 is 10.6 Å². The summed E-state index contributed by atoms with van der Waals surface area (Å²) in [7, 11) is 0. The Labute approximate surface area is 155 Å². The SMILES string of the molecule is O=c1[nH]c2ccccc2n1CN1CCN(c2ccc(Cl)c(Cl)c2)CC1. The number of imidazole rings is 1. The van der Waals surface area contributed by atoms with Gasteiger partial charge in [0, 0.05) is 31.9 Å². The number of hydrogen-bond donors (Lipinski definition) is 1. The average Bonchev–Trinajstić information content (AvgIpc) is 2.94. The molecule has 0 amide bonds. The van der Waals surface area contributed by atoms with Crippen LogP contribution in [0.4, 0.5) is 5.69 Å². The second kappa shape index (κ2) is 6.75. The summed E-state index contributed by atoms with van der Waals surface area (Å²) < 4.78 is 1.80. The number of rotatable bonds is 3. The fraction of sp³-hybridized carbons (Fsp3) is 0.278. The topological polar surface area (TPSA) is 44.3 Å². The van der Waals surface area contributed by atoms with Gasteiger partial charge in [-0.05, 0) is 30.3 Å². The minimum Gasteiger partial charge on any atom is -0.369 e. The first kappa shape index (κ1) is 16.5. The molecule has 5 nitrogen and oxygen atoms in total. The zero-order chi connectivity index (χ0) is 17.4. The quantitative estimate of drug-likeness (QED) is 0.761. The van der Waals surface area contributed by atoms with Crippen LogP contribution >= 0.6 is 23.2 Å². The van der Waals surface area contributed by atoms with E-state index in [1.807, 2.05) is 42.5 Å². The second-order valence-electron chi connectivity index (χ2n) is 6.22. The van der Waals surface area contributed by atoms with Crippen LogP contribution in [0.1, 0.15) is 0 Å². The highest BCUT2D eigenvalue weighted by Crippen LogP contribution is 2.27.